The van der Waals surface area contributed by atoms with E-state index in [-0.39, 0.29) is 0 Å². The Kier molecular flexibility index (Phi) is 3.88. The number of nitrogens with zero attached hydrogens (tertiary/aromatic N) is 1. The standard InChI is InChI=1S/C8H15NO5/c1-8(2,3)14-7(13)9(4)5(10)6(11)12/h5,10H,1-4H3,(H,11,12). The van der Waals surface area contributed by atoms with Gasteiger partial charge in [0.2, 0.25) is 6.23 Å². The van der Waals surface area contributed by atoms with E-state index in [1.807, 2.05) is 0 Å². The highest BCUT2D eigenvalue weighted by Crippen LogP contribution is 2.09. The van der Waals surface area contributed by atoms with Gasteiger partial charge in [-0.2, -0.15) is 0 Å². The molecule has 0 fully saturated rings. The van der Waals surface area contributed by atoms with Gasteiger partial charge in [-0.15, -0.1) is 0 Å². The molecule has 1 unspecified atom stereocenters. The lowest BCUT2D eigenvalue weighted by molar-refractivity contribution is -0.155. The van der Waals surface area contributed by atoms with Gasteiger partial charge in [0, 0.05) is 7.05 Å². The van der Waals surface area contributed by atoms with Crippen LogP contribution in [0.5, 0.6) is 0 Å². The number of amides is 1. The number of carboxylic acids is 1. The minimum Gasteiger partial charge on any atom is -0.478 e. The quantitative estimate of drug-likeness (QED) is 0.631. The molecule has 0 rings (SSSR count). The first-order chi connectivity index (χ1) is 6.15. The molecular weight excluding hydrogens is 190 g/mol. The summed E-state index contributed by atoms with van der Waals surface area (Å²) in [4.78, 5) is 22.1. The summed E-state index contributed by atoms with van der Waals surface area (Å²) in [5.41, 5.74) is -0.719. The molecule has 0 heterocycles. The molecule has 0 aromatic rings. The number of aliphatic hydroxyl groups is 1. The number of hydrogen-bond donors (Lipinski definition) is 2. The molecule has 0 aromatic carbocycles. The fourth-order valence-electron chi connectivity index (χ4n) is 0.599. The molecule has 0 saturated heterocycles. The summed E-state index contributed by atoms with van der Waals surface area (Å²) in [7, 11) is 1.15. The van der Waals surface area contributed by atoms with E-state index in [0.29, 0.717) is 4.90 Å². The molecule has 1 atom stereocenters. The van der Waals surface area contributed by atoms with Crippen LogP contribution in [-0.4, -0.2) is 46.1 Å². The molecular formula is C8H15NO5. The minimum atomic E-state index is -1.88. The molecule has 0 spiro atoms. The predicted octanol–water partition coefficient (Wildman–Crippen LogP) is 0.256. The summed E-state index contributed by atoms with van der Waals surface area (Å²) in [6, 6.07) is 0. The first-order valence-corrected chi connectivity index (χ1v) is 4.02. The lowest BCUT2D eigenvalue weighted by Gasteiger charge is -2.25. The van der Waals surface area contributed by atoms with Gasteiger partial charge < -0.3 is 14.9 Å². The van der Waals surface area contributed by atoms with Crippen molar-refractivity contribution in [1.29, 1.82) is 0 Å². The summed E-state index contributed by atoms with van der Waals surface area (Å²) < 4.78 is 4.83. The van der Waals surface area contributed by atoms with E-state index in [4.69, 9.17) is 14.9 Å². The molecule has 6 heteroatoms. The number of hydrogen-bond acceptors (Lipinski definition) is 4. The van der Waals surface area contributed by atoms with Gasteiger partial charge in [-0.3, -0.25) is 4.90 Å². The van der Waals surface area contributed by atoms with E-state index in [1.165, 1.54) is 0 Å². The summed E-state index contributed by atoms with van der Waals surface area (Å²) in [5.74, 6) is -1.50. The highest BCUT2D eigenvalue weighted by molar-refractivity contribution is 5.78. The fourth-order valence-corrected chi connectivity index (χ4v) is 0.599. The molecule has 0 saturated carbocycles. The van der Waals surface area contributed by atoms with Crippen molar-refractivity contribution in [3.63, 3.8) is 0 Å². The summed E-state index contributed by atoms with van der Waals surface area (Å²) in [5, 5.41) is 17.4. The number of ether oxygens (including phenoxy) is 1. The van der Waals surface area contributed by atoms with Crippen LogP contribution in [0.1, 0.15) is 20.8 Å². The zero-order chi connectivity index (χ0) is 11.5. The lowest BCUT2D eigenvalue weighted by Crippen LogP contribution is -2.44. The minimum absolute atomic E-state index is 0.605. The molecule has 0 aromatic heterocycles. The van der Waals surface area contributed by atoms with Gasteiger partial charge in [0.1, 0.15) is 5.60 Å². The smallest absolute Gasteiger partial charge is 0.412 e. The van der Waals surface area contributed by atoms with Crippen LogP contribution < -0.4 is 0 Å². The van der Waals surface area contributed by atoms with Gasteiger partial charge in [-0.1, -0.05) is 0 Å². The molecule has 82 valence electrons. The Hall–Kier alpha value is -1.30. The van der Waals surface area contributed by atoms with Crippen molar-refractivity contribution in [3.8, 4) is 0 Å². The Bertz CT molecular complexity index is 232. The van der Waals surface area contributed by atoms with Gasteiger partial charge in [-0.05, 0) is 20.8 Å². The zero-order valence-electron chi connectivity index (χ0n) is 8.64. The maximum Gasteiger partial charge on any atom is 0.412 e. The normalized spacial score (nSPS) is 13.2. The van der Waals surface area contributed by atoms with Crippen molar-refractivity contribution in [2.24, 2.45) is 0 Å². The Morgan fingerprint density at radius 1 is 1.36 bits per heavy atom. The summed E-state index contributed by atoms with van der Waals surface area (Å²) in [6.07, 6.45) is -2.77. The van der Waals surface area contributed by atoms with Crippen molar-refractivity contribution in [2.75, 3.05) is 7.05 Å². The topological polar surface area (TPSA) is 87.1 Å². The largest absolute Gasteiger partial charge is 0.478 e. The molecule has 0 aliphatic heterocycles. The second-order valence-electron chi connectivity index (χ2n) is 3.80. The maximum absolute atomic E-state index is 11.2. The summed E-state index contributed by atoms with van der Waals surface area (Å²) >= 11 is 0. The Labute approximate surface area is 82.1 Å². The third-order valence-corrected chi connectivity index (χ3v) is 1.27. The third kappa shape index (κ3) is 4.08. The molecule has 6 nitrogen and oxygen atoms in total. The van der Waals surface area contributed by atoms with Crippen LogP contribution in [0, 0.1) is 0 Å². The highest BCUT2D eigenvalue weighted by atomic mass is 16.6. The Balaban J connectivity index is 4.33. The van der Waals surface area contributed by atoms with Crippen LogP contribution >= 0.6 is 0 Å². The van der Waals surface area contributed by atoms with Crippen molar-refractivity contribution >= 4 is 12.1 Å². The number of carbonyl (C=O) groups is 2. The SMILES string of the molecule is CN(C(=O)OC(C)(C)C)C(O)C(=O)O. The van der Waals surface area contributed by atoms with Gasteiger partial charge in [0.25, 0.3) is 0 Å². The van der Waals surface area contributed by atoms with Crippen molar-refractivity contribution < 1.29 is 24.5 Å². The number of carboxylic acid groups (broad SMARTS) is 1. The Morgan fingerprint density at radius 2 is 1.79 bits per heavy atom. The molecule has 0 aliphatic carbocycles. The monoisotopic (exact) mass is 205 g/mol. The van der Waals surface area contributed by atoms with Gasteiger partial charge in [0.05, 0.1) is 0 Å². The average Bonchev–Trinajstić information content (AvgIpc) is 1.98. The number of carbonyl (C=O) groups excluding carboxylic acids is 1. The van der Waals surface area contributed by atoms with E-state index in [9.17, 15) is 9.59 Å². The van der Waals surface area contributed by atoms with E-state index >= 15 is 0 Å². The molecule has 1 amide bonds. The van der Waals surface area contributed by atoms with Gasteiger partial charge in [0.15, 0.2) is 0 Å². The Morgan fingerprint density at radius 3 is 2.07 bits per heavy atom. The van der Waals surface area contributed by atoms with E-state index in [1.54, 1.807) is 20.8 Å². The molecule has 0 radical (unpaired) electrons. The van der Waals surface area contributed by atoms with Crippen LogP contribution in [0.4, 0.5) is 4.79 Å². The van der Waals surface area contributed by atoms with Crippen molar-refractivity contribution in [1.82, 2.24) is 4.90 Å². The molecule has 2 N–H and O–H groups in total. The second kappa shape index (κ2) is 4.28. The van der Waals surface area contributed by atoms with Gasteiger partial charge in [-0.25, -0.2) is 9.59 Å². The van der Waals surface area contributed by atoms with Gasteiger partial charge >= 0.3 is 12.1 Å². The number of rotatable bonds is 2. The van der Waals surface area contributed by atoms with Crippen LogP contribution in [0.2, 0.25) is 0 Å². The predicted molar refractivity (Wildman–Crippen MR) is 47.6 cm³/mol. The number of aliphatic hydroxyl groups excluding tert-OH is 1. The molecule has 0 aliphatic rings. The molecule has 0 bridgehead atoms. The fraction of sp³-hybridized carbons (Fsp3) is 0.750. The van der Waals surface area contributed by atoms with E-state index < -0.39 is 23.9 Å². The first-order valence-electron chi connectivity index (χ1n) is 4.02. The van der Waals surface area contributed by atoms with E-state index in [0.717, 1.165) is 7.05 Å². The van der Waals surface area contributed by atoms with Crippen LogP contribution in [-0.2, 0) is 9.53 Å². The third-order valence-electron chi connectivity index (χ3n) is 1.27. The number of likely N-dealkylation sites (N-methyl/N-ethyl adjacent to an activating group) is 1. The lowest BCUT2D eigenvalue weighted by atomic mass is 10.2. The van der Waals surface area contributed by atoms with Crippen molar-refractivity contribution in [3.05, 3.63) is 0 Å². The van der Waals surface area contributed by atoms with Crippen LogP contribution in [0.15, 0.2) is 0 Å². The summed E-state index contributed by atoms with van der Waals surface area (Å²) in [6.45, 7) is 4.93. The highest BCUT2D eigenvalue weighted by Gasteiger charge is 2.27. The van der Waals surface area contributed by atoms with Crippen LogP contribution in [0.25, 0.3) is 0 Å². The maximum atomic E-state index is 11.2. The average molecular weight is 205 g/mol. The molecule has 14 heavy (non-hydrogen) atoms. The number of aliphatic carboxylic acids is 1. The van der Waals surface area contributed by atoms with Crippen LogP contribution in [0.3, 0.4) is 0 Å². The van der Waals surface area contributed by atoms with E-state index in [2.05, 4.69) is 0 Å². The first kappa shape index (κ1) is 12.7. The second-order valence-corrected chi connectivity index (χ2v) is 3.80. The van der Waals surface area contributed by atoms with Crippen molar-refractivity contribution in [2.45, 2.75) is 32.6 Å². The zero-order valence-corrected chi connectivity index (χ0v) is 8.64.